The number of likely N-dealkylation sites (tertiary alicyclic amines) is 1. The van der Waals surface area contributed by atoms with Crippen LogP contribution in [0.5, 0.6) is 0 Å². The van der Waals surface area contributed by atoms with Crippen LogP contribution in [0.25, 0.3) is 16.9 Å². The van der Waals surface area contributed by atoms with Gasteiger partial charge in [-0.3, -0.25) is 4.68 Å². The highest BCUT2D eigenvalue weighted by Crippen LogP contribution is 2.26. The van der Waals surface area contributed by atoms with Gasteiger partial charge in [0.25, 0.3) is 0 Å². The van der Waals surface area contributed by atoms with Crippen molar-refractivity contribution in [3.8, 4) is 11.3 Å². The van der Waals surface area contributed by atoms with Crippen LogP contribution in [0.1, 0.15) is 18.9 Å². The van der Waals surface area contributed by atoms with Gasteiger partial charge in [0.15, 0.2) is 15.5 Å². The average Bonchev–Trinajstić information content (AvgIpc) is 3.40. The molecule has 0 radical (unpaired) electrons. The highest BCUT2D eigenvalue weighted by molar-refractivity contribution is 7.90. The van der Waals surface area contributed by atoms with Crippen LogP contribution < -0.4 is 5.32 Å². The first-order chi connectivity index (χ1) is 15.4. The van der Waals surface area contributed by atoms with Gasteiger partial charge < -0.3 is 10.2 Å². The summed E-state index contributed by atoms with van der Waals surface area (Å²) in [6, 6.07) is 12.9. The van der Waals surface area contributed by atoms with E-state index < -0.39 is 9.84 Å². The van der Waals surface area contributed by atoms with E-state index in [0.29, 0.717) is 17.6 Å². The maximum atomic E-state index is 12.0. The number of nitrogens with zero attached hydrogens (tertiary/aromatic N) is 6. The van der Waals surface area contributed by atoms with Crippen LogP contribution in [0.2, 0.25) is 0 Å². The van der Waals surface area contributed by atoms with E-state index in [0.717, 1.165) is 42.9 Å². The second-order valence-corrected chi connectivity index (χ2v) is 10.3. The van der Waals surface area contributed by atoms with Crippen molar-refractivity contribution in [1.82, 2.24) is 29.3 Å². The zero-order chi connectivity index (χ0) is 22.3. The number of fused-ring (bicyclic) bond motifs is 1. The fourth-order valence-electron chi connectivity index (χ4n) is 4.05. The van der Waals surface area contributed by atoms with Crippen molar-refractivity contribution in [2.24, 2.45) is 0 Å². The Labute approximate surface area is 186 Å². The third-order valence-electron chi connectivity index (χ3n) is 5.84. The molecule has 10 heteroatoms. The van der Waals surface area contributed by atoms with Crippen molar-refractivity contribution in [3.63, 3.8) is 0 Å². The normalized spacial score (nSPS) is 15.9. The molecule has 0 atom stereocenters. The lowest BCUT2D eigenvalue weighted by atomic mass is 10.1. The number of hydrogen-bond acceptors (Lipinski definition) is 7. The fraction of sp³-hybridized carbons (Fsp3) is 0.318. The summed E-state index contributed by atoms with van der Waals surface area (Å²) in [6.45, 7) is 2.15. The number of anilines is 2. The van der Waals surface area contributed by atoms with E-state index in [1.807, 2.05) is 35.1 Å². The number of pyridine rings is 1. The molecule has 1 fully saturated rings. The molecule has 1 aromatic carbocycles. The molecule has 0 spiro atoms. The number of benzene rings is 1. The van der Waals surface area contributed by atoms with Gasteiger partial charge in [-0.05, 0) is 57.2 Å². The SMILES string of the molecule is CN1CCC(n2cc(Nc3nc4cccc(-c5cccc(S(C)(=O)=O)c5)n4n3)cn2)CC1. The van der Waals surface area contributed by atoms with Crippen molar-refractivity contribution in [2.45, 2.75) is 23.8 Å². The van der Waals surface area contributed by atoms with Crippen molar-refractivity contribution in [3.05, 3.63) is 54.9 Å². The number of aromatic nitrogens is 5. The van der Waals surface area contributed by atoms with Gasteiger partial charge in [-0.15, -0.1) is 5.10 Å². The molecule has 166 valence electrons. The minimum atomic E-state index is -3.30. The smallest absolute Gasteiger partial charge is 0.247 e. The molecule has 0 unspecified atom stereocenters. The number of piperidine rings is 1. The van der Waals surface area contributed by atoms with E-state index in [9.17, 15) is 8.42 Å². The van der Waals surface area contributed by atoms with Gasteiger partial charge in [0.05, 0.1) is 28.5 Å². The van der Waals surface area contributed by atoms with Gasteiger partial charge in [-0.25, -0.2) is 12.9 Å². The highest BCUT2D eigenvalue weighted by atomic mass is 32.2. The lowest BCUT2D eigenvalue weighted by Gasteiger charge is -2.28. The first-order valence-electron chi connectivity index (χ1n) is 10.5. The lowest BCUT2D eigenvalue weighted by molar-refractivity contribution is 0.212. The molecule has 1 aliphatic rings. The molecule has 0 bridgehead atoms. The van der Waals surface area contributed by atoms with Crippen LogP contribution in [-0.2, 0) is 9.84 Å². The summed E-state index contributed by atoms with van der Waals surface area (Å²) >= 11 is 0. The van der Waals surface area contributed by atoms with Gasteiger partial charge in [0.1, 0.15) is 0 Å². The summed E-state index contributed by atoms with van der Waals surface area (Å²) in [4.78, 5) is 7.18. The second kappa shape index (κ2) is 8.03. The summed E-state index contributed by atoms with van der Waals surface area (Å²) < 4.78 is 27.7. The van der Waals surface area contributed by atoms with E-state index in [4.69, 9.17) is 0 Å². The molecule has 0 amide bonds. The van der Waals surface area contributed by atoms with Crippen LogP contribution >= 0.6 is 0 Å². The Morgan fingerprint density at radius 3 is 2.66 bits per heavy atom. The van der Waals surface area contributed by atoms with Crippen molar-refractivity contribution in [1.29, 1.82) is 0 Å². The van der Waals surface area contributed by atoms with E-state index in [-0.39, 0.29) is 4.90 Å². The van der Waals surface area contributed by atoms with Crippen LogP contribution in [0.3, 0.4) is 0 Å². The second-order valence-electron chi connectivity index (χ2n) is 8.28. The van der Waals surface area contributed by atoms with E-state index in [2.05, 4.69) is 32.4 Å². The minimum absolute atomic E-state index is 0.270. The predicted molar refractivity (Wildman–Crippen MR) is 123 cm³/mol. The van der Waals surface area contributed by atoms with Crippen molar-refractivity contribution in [2.75, 3.05) is 31.7 Å². The first-order valence-corrected chi connectivity index (χ1v) is 12.4. The van der Waals surface area contributed by atoms with Gasteiger partial charge >= 0.3 is 0 Å². The molecule has 4 heterocycles. The van der Waals surface area contributed by atoms with E-state index in [1.165, 1.54) is 6.26 Å². The third-order valence-corrected chi connectivity index (χ3v) is 6.95. The van der Waals surface area contributed by atoms with Gasteiger partial charge in [0, 0.05) is 18.0 Å². The van der Waals surface area contributed by atoms with Crippen molar-refractivity contribution < 1.29 is 8.42 Å². The van der Waals surface area contributed by atoms with E-state index >= 15 is 0 Å². The lowest BCUT2D eigenvalue weighted by Crippen LogP contribution is -2.31. The van der Waals surface area contributed by atoms with Crippen molar-refractivity contribution >= 4 is 27.1 Å². The molecule has 4 aromatic rings. The first kappa shape index (κ1) is 20.7. The Kier molecular flexibility index (Phi) is 5.18. The molecule has 5 rings (SSSR count). The number of nitrogens with one attached hydrogen (secondary N) is 1. The molecule has 1 saturated heterocycles. The minimum Gasteiger partial charge on any atom is -0.320 e. The highest BCUT2D eigenvalue weighted by Gasteiger charge is 2.19. The maximum Gasteiger partial charge on any atom is 0.247 e. The standard InChI is InChI=1S/C22H25N7O2S/c1-27-11-9-18(10-12-27)28-15-17(14-23-28)24-22-25-21-8-4-7-20(29(21)26-22)16-5-3-6-19(13-16)32(2,30)31/h3-8,13-15,18H,9-12H2,1-2H3,(H,24,26). The summed E-state index contributed by atoms with van der Waals surface area (Å²) in [5.74, 6) is 0.458. The third kappa shape index (κ3) is 4.11. The predicted octanol–water partition coefficient (Wildman–Crippen LogP) is 3.01. The van der Waals surface area contributed by atoms with Gasteiger partial charge in [0.2, 0.25) is 5.95 Å². The fourth-order valence-corrected chi connectivity index (χ4v) is 4.72. The average molecular weight is 452 g/mol. The topological polar surface area (TPSA) is 97.4 Å². The zero-order valence-corrected chi connectivity index (χ0v) is 18.8. The maximum absolute atomic E-state index is 12.0. The van der Waals surface area contributed by atoms with Gasteiger partial charge in [-0.2, -0.15) is 10.1 Å². The van der Waals surface area contributed by atoms with Crippen LogP contribution in [0.4, 0.5) is 11.6 Å². The van der Waals surface area contributed by atoms with Crippen LogP contribution in [-0.4, -0.2) is 64.1 Å². The number of rotatable bonds is 5. The molecule has 0 saturated carbocycles. The molecule has 9 nitrogen and oxygen atoms in total. The molecule has 3 aromatic heterocycles. The quantitative estimate of drug-likeness (QED) is 0.498. The van der Waals surface area contributed by atoms with E-state index in [1.54, 1.807) is 28.9 Å². The zero-order valence-electron chi connectivity index (χ0n) is 18.0. The Morgan fingerprint density at radius 2 is 1.88 bits per heavy atom. The Balaban J connectivity index is 1.42. The summed E-state index contributed by atoms with van der Waals surface area (Å²) in [7, 11) is -1.16. The molecular weight excluding hydrogens is 426 g/mol. The summed E-state index contributed by atoms with van der Waals surface area (Å²) in [6.07, 6.45) is 7.16. The molecule has 0 aliphatic carbocycles. The van der Waals surface area contributed by atoms with Crippen LogP contribution in [0, 0.1) is 0 Å². The largest absolute Gasteiger partial charge is 0.320 e. The Bertz CT molecular complexity index is 1370. The van der Waals surface area contributed by atoms with Crippen LogP contribution in [0.15, 0.2) is 59.8 Å². The summed E-state index contributed by atoms with van der Waals surface area (Å²) in [5, 5.41) is 12.4. The summed E-state index contributed by atoms with van der Waals surface area (Å²) in [5.41, 5.74) is 3.01. The molecule has 32 heavy (non-hydrogen) atoms. The molecular formula is C22H25N7O2S. The monoisotopic (exact) mass is 451 g/mol. The molecule has 1 aliphatic heterocycles. The van der Waals surface area contributed by atoms with Gasteiger partial charge in [-0.1, -0.05) is 18.2 Å². The molecule has 1 N–H and O–H groups in total. The number of sulfone groups is 1. The number of hydrogen-bond donors (Lipinski definition) is 1. The Morgan fingerprint density at radius 1 is 1.09 bits per heavy atom. The Hall–Kier alpha value is -3.24.